The highest BCUT2D eigenvalue weighted by Gasteiger charge is 2.30. The lowest BCUT2D eigenvalue weighted by Crippen LogP contribution is -2.51. The lowest BCUT2D eigenvalue weighted by atomic mass is 10.0. The zero-order valence-corrected chi connectivity index (χ0v) is 16.6. The van der Waals surface area contributed by atoms with Gasteiger partial charge in [0.05, 0.1) is 5.56 Å². The minimum Gasteiger partial charge on any atom is -0.478 e. The molecular formula is C22H27N3O3. The Morgan fingerprint density at radius 1 is 1.00 bits per heavy atom. The second kappa shape index (κ2) is 8.44. The van der Waals surface area contributed by atoms with Crippen molar-refractivity contribution in [2.24, 2.45) is 0 Å². The van der Waals surface area contributed by atoms with Crippen LogP contribution in [-0.2, 0) is 4.79 Å². The molecular weight excluding hydrogens is 354 g/mol. The van der Waals surface area contributed by atoms with Crippen LogP contribution in [0.25, 0.3) is 0 Å². The van der Waals surface area contributed by atoms with Gasteiger partial charge in [0.1, 0.15) is 6.04 Å². The summed E-state index contributed by atoms with van der Waals surface area (Å²) in [6.45, 7) is 4.64. The van der Waals surface area contributed by atoms with Gasteiger partial charge >= 0.3 is 5.97 Å². The van der Waals surface area contributed by atoms with E-state index in [-0.39, 0.29) is 17.5 Å². The fourth-order valence-electron chi connectivity index (χ4n) is 3.60. The summed E-state index contributed by atoms with van der Waals surface area (Å²) in [5.41, 5.74) is 3.33. The molecule has 3 rings (SSSR count). The summed E-state index contributed by atoms with van der Waals surface area (Å²) in [5, 5.41) is 9.18. The SMILES string of the molecule is Cc1ccc(C(C(=O)N2CCN(c3cccc(C(=O)O)c3)CC2)N(C)C)cc1. The summed E-state index contributed by atoms with van der Waals surface area (Å²) in [7, 11) is 3.85. The molecule has 0 aromatic heterocycles. The number of nitrogens with zero attached hydrogens (tertiary/aromatic N) is 3. The van der Waals surface area contributed by atoms with Crippen LogP contribution in [0.1, 0.15) is 27.5 Å². The molecule has 1 atom stereocenters. The van der Waals surface area contributed by atoms with Crippen LogP contribution >= 0.6 is 0 Å². The van der Waals surface area contributed by atoms with Crippen LogP contribution in [0.5, 0.6) is 0 Å². The Morgan fingerprint density at radius 2 is 1.64 bits per heavy atom. The number of carbonyl (C=O) groups excluding carboxylic acids is 1. The van der Waals surface area contributed by atoms with E-state index in [0.717, 1.165) is 11.3 Å². The quantitative estimate of drug-likeness (QED) is 0.863. The molecule has 0 radical (unpaired) electrons. The molecule has 1 aliphatic rings. The molecule has 1 fully saturated rings. The average Bonchev–Trinajstić information content (AvgIpc) is 2.69. The number of amides is 1. The third-order valence-electron chi connectivity index (χ3n) is 5.19. The predicted molar refractivity (Wildman–Crippen MR) is 110 cm³/mol. The van der Waals surface area contributed by atoms with E-state index in [9.17, 15) is 14.7 Å². The number of aryl methyl sites for hydroxylation is 1. The van der Waals surface area contributed by atoms with E-state index in [1.54, 1.807) is 18.2 Å². The minimum atomic E-state index is -0.928. The summed E-state index contributed by atoms with van der Waals surface area (Å²) in [5.74, 6) is -0.824. The van der Waals surface area contributed by atoms with Crippen molar-refractivity contribution in [2.75, 3.05) is 45.2 Å². The Labute approximate surface area is 166 Å². The molecule has 0 aliphatic carbocycles. The van der Waals surface area contributed by atoms with Crippen molar-refractivity contribution in [1.82, 2.24) is 9.80 Å². The van der Waals surface area contributed by atoms with Gasteiger partial charge in [-0.2, -0.15) is 0 Å². The standard InChI is InChI=1S/C22H27N3O3/c1-16-7-9-17(10-8-16)20(23(2)3)21(26)25-13-11-24(12-14-25)19-6-4-5-18(15-19)22(27)28/h4-10,15,20H,11-14H2,1-3H3,(H,27,28). The van der Waals surface area contributed by atoms with Crippen LogP contribution in [0, 0.1) is 6.92 Å². The van der Waals surface area contributed by atoms with Crippen LogP contribution in [0.15, 0.2) is 48.5 Å². The topological polar surface area (TPSA) is 64.1 Å². The fraction of sp³-hybridized carbons (Fsp3) is 0.364. The molecule has 1 aliphatic heterocycles. The summed E-state index contributed by atoms with van der Waals surface area (Å²) >= 11 is 0. The van der Waals surface area contributed by atoms with Gasteiger partial charge in [0.15, 0.2) is 0 Å². The van der Waals surface area contributed by atoms with Crippen LogP contribution in [0.4, 0.5) is 5.69 Å². The molecule has 2 aromatic carbocycles. The van der Waals surface area contributed by atoms with Crippen molar-refractivity contribution >= 4 is 17.6 Å². The van der Waals surface area contributed by atoms with E-state index < -0.39 is 5.97 Å². The van der Waals surface area contributed by atoms with Gasteiger partial charge in [-0.15, -0.1) is 0 Å². The molecule has 148 valence electrons. The van der Waals surface area contributed by atoms with Gasteiger partial charge in [-0.1, -0.05) is 35.9 Å². The monoisotopic (exact) mass is 381 g/mol. The van der Waals surface area contributed by atoms with Gasteiger partial charge in [-0.3, -0.25) is 9.69 Å². The maximum absolute atomic E-state index is 13.2. The molecule has 28 heavy (non-hydrogen) atoms. The molecule has 1 amide bonds. The van der Waals surface area contributed by atoms with Crippen molar-refractivity contribution in [3.63, 3.8) is 0 Å². The zero-order chi connectivity index (χ0) is 20.3. The van der Waals surface area contributed by atoms with E-state index >= 15 is 0 Å². The van der Waals surface area contributed by atoms with Crippen molar-refractivity contribution < 1.29 is 14.7 Å². The number of carboxylic acid groups (broad SMARTS) is 1. The first-order valence-corrected chi connectivity index (χ1v) is 9.47. The zero-order valence-electron chi connectivity index (χ0n) is 16.6. The van der Waals surface area contributed by atoms with Gasteiger partial charge in [0.2, 0.25) is 5.91 Å². The molecule has 1 saturated heterocycles. The number of anilines is 1. The number of hydrogen-bond acceptors (Lipinski definition) is 4. The number of aromatic carboxylic acids is 1. The average molecular weight is 381 g/mol. The van der Waals surface area contributed by atoms with E-state index in [4.69, 9.17) is 0 Å². The van der Waals surface area contributed by atoms with Crippen molar-refractivity contribution in [3.05, 3.63) is 65.2 Å². The predicted octanol–water partition coefficient (Wildman–Crippen LogP) is 2.64. The second-order valence-corrected chi connectivity index (χ2v) is 7.44. The number of piperazine rings is 1. The van der Waals surface area contributed by atoms with Gasteiger partial charge in [0, 0.05) is 31.9 Å². The van der Waals surface area contributed by atoms with E-state index in [1.165, 1.54) is 5.56 Å². The highest BCUT2D eigenvalue weighted by molar-refractivity contribution is 5.89. The van der Waals surface area contributed by atoms with Crippen molar-refractivity contribution in [2.45, 2.75) is 13.0 Å². The van der Waals surface area contributed by atoms with Gasteiger partial charge < -0.3 is 14.9 Å². The number of carboxylic acids is 1. The summed E-state index contributed by atoms with van der Waals surface area (Å²) < 4.78 is 0. The number of hydrogen-bond donors (Lipinski definition) is 1. The van der Waals surface area contributed by atoms with E-state index in [1.807, 2.05) is 61.2 Å². The van der Waals surface area contributed by atoms with Crippen LogP contribution in [-0.4, -0.2) is 67.1 Å². The van der Waals surface area contributed by atoms with Gasteiger partial charge in [-0.25, -0.2) is 4.79 Å². The van der Waals surface area contributed by atoms with E-state index in [2.05, 4.69) is 4.90 Å². The molecule has 6 heteroatoms. The van der Waals surface area contributed by atoms with Crippen LogP contribution in [0.3, 0.4) is 0 Å². The molecule has 6 nitrogen and oxygen atoms in total. The van der Waals surface area contributed by atoms with Gasteiger partial charge in [-0.05, 0) is 44.8 Å². The van der Waals surface area contributed by atoms with Crippen LogP contribution in [0.2, 0.25) is 0 Å². The minimum absolute atomic E-state index is 0.104. The summed E-state index contributed by atoms with van der Waals surface area (Å²) in [4.78, 5) is 30.4. The fourth-order valence-corrected chi connectivity index (χ4v) is 3.60. The number of benzene rings is 2. The largest absolute Gasteiger partial charge is 0.478 e. The third kappa shape index (κ3) is 4.34. The Kier molecular flexibility index (Phi) is 5.99. The number of rotatable bonds is 5. The van der Waals surface area contributed by atoms with Crippen molar-refractivity contribution in [1.29, 1.82) is 0 Å². The van der Waals surface area contributed by atoms with E-state index in [0.29, 0.717) is 26.2 Å². The second-order valence-electron chi connectivity index (χ2n) is 7.44. The smallest absolute Gasteiger partial charge is 0.335 e. The van der Waals surface area contributed by atoms with Crippen molar-refractivity contribution in [3.8, 4) is 0 Å². The molecule has 1 unspecified atom stereocenters. The first kappa shape index (κ1) is 19.9. The Bertz CT molecular complexity index is 840. The molecule has 0 spiro atoms. The summed E-state index contributed by atoms with van der Waals surface area (Å²) in [6.07, 6.45) is 0. The Balaban J connectivity index is 1.69. The maximum Gasteiger partial charge on any atom is 0.335 e. The lowest BCUT2D eigenvalue weighted by molar-refractivity contribution is -0.136. The number of likely N-dealkylation sites (N-methyl/N-ethyl adjacent to an activating group) is 1. The highest BCUT2D eigenvalue weighted by atomic mass is 16.4. The Morgan fingerprint density at radius 3 is 2.21 bits per heavy atom. The summed E-state index contributed by atoms with van der Waals surface area (Å²) in [6, 6.07) is 14.8. The molecule has 1 N–H and O–H groups in total. The molecule has 2 aromatic rings. The maximum atomic E-state index is 13.2. The molecule has 1 heterocycles. The molecule has 0 saturated carbocycles. The first-order chi connectivity index (χ1) is 13.4. The first-order valence-electron chi connectivity index (χ1n) is 9.47. The lowest BCUT2D eigenvalue weighted by Gasteiger charge is -2.38. The highest BCUT2D eigenvalue weighted by Crippen LogP contribution is 2.24. The van der Waals surface area contributed by atoms with Gasteiger partial charge in [0.25, 0.3) is 0 Å². The normalized spacial score (nSPS) is 15.6. The molecule has 0 bridgehead atoms. The third-order valence-corrected chi connectivity index (χ3v) is 5.19. The number of carbonyl (C=O) groups is 2. The van der Waals surface area contributed by atoms with Crippen LogP contribution < -0.4 is 4.90 Å². The Hall–Kier alpha value is -2.86.